The van der Waals surface area contributed by atoms with Crippen LogP contribution in [-0.2, 0) is 16.0 Å². The summed E-state index contributed by atoms with van der Waals surface area (Å²) >= 11 is 0. The number of nitrogens with zero attached hydrogens (tertiary/aromatic N) is 4. The van der Waals surface area contributed by atoms with Gasteiger partial charge in [0.15, 0.2) is 5.96 Å². The Kier molecular flexibility index (Phi) is 9.17. The van der Waals surface area contributed by atoms with Gasteiger partial charge in [-0.25, -0.2) is 4.98 Å². The highest BCUT2D eigenvalue weighted by Gasteiger charge is 2.20. The molecule has 0 bridgehead atoms. The van der Waals surface area contributed by atoms with Gasteiger partial charge in [0.05, 0.1) is 12.7 Å². The molecule has 2 aliphatic rings. The first-order valence-corrected chi connectivity index (χ1v) is 11.2. The number of pyridine rings is 1. The number of anilines is 1. The van der Waals surface area contributed by atoms with Crippen molar-refractivity contribution in [3.8, 4) is 0 Å². The Morgan fingerprint density at radius 3 is 2.90 bits per heavy atom. The second kappa shape index (κ2) is 12.1. The third kappa shape index (κ3) is 7.11. The van der Waals surface area contributed by atoms with Gasteiger partial charge in [-0.3, -0.25) is 4.99 Å². The second-order valence-electron chi connectivity index (χ2n) is 8.18. The molecule has 2 saturated heterocycles. The largest absolute Gasteiger partial charge is 0.385 e. The van der Waals surface area contributed by atoms with Gasteiger partial charge in [-0.1, -0.05) is 0 Å². The number of likely N-dealkylation sites (tertiary alicyclic amines) is 1. The highest BCUT2D eigenvalue weighted by atomic mass is 16.5. The van der Waals surface area contributed by atoms with E-state index < -0.39 is 0 Å². The lowest BCUT2D eigenvalue weighted by atomic mass is 10.1. The number of methoxy groups -OCH3 is 1. The van der Waals surface area contributed by atoms with Crippen molar-refractivity contribution in [1.82, 2.24) is 20.5 Å². The lowest BCUT2D eigenvalue weighted by Gasteiger charge is -2.33. The number of ether oxygens (including phenoxy) is 2. The molecule has 2 aliphatic heterocycles. The minimum absolute atomic E-state index is 0.247. The van der Waals surface area contributed by atoms with Crippen molar-refractivity contribution < 1.29 is 9.47 Å². The van der Waals surface area contributed by atoms with Crippen LogP contribution in [0.25, 0.3) is 0 Å². The predicted octanol–water partition coefficient (Wildman–Crippen LogP) is 1.47. The number of hydrogen-bond donors (Lipinski definition) is 2. The van der Waals surface area contributed by atoms with Crippen molar-refractivity contribution in [3.63, 3.8) is 0 Å². The van der Waals surface area contributed by atoms with Crippen LogP contribution in [0.4, 0.5) is 5.82 Å². The Labute approximate surface area is 181 Å². The van der Waals surface area contributed by atoms with Crippen LogP contribution in [0.2, 0.25) is 0 Å². The lowest BCUT2D eigenvalue weighted by Crippen LogP contribution is -2.48. The maximum Gasteiger partial charge on any atom is 0.191 e. The van der Waals surface area contributed by atoms with Crippen molar-refractivity contribution in [3.05, 3.63) is 23.9 Å². The number of rotatable bonds is 8. The van der Waals surface area contributed by atoms with Crippen LogP contribution in [-0.4, -0.2) is 88.1 Å². The van der Waals surface area contributed by atoms with Crippen molar-refractivity contribution in [2.45, 2.75) is 44.9 Å². The van der Waals surface area contributed by atoms with Crippen LogP contribution >= 0.6 is 0 Å². The molecule has 0 aliphatic carbocycles. The highest BCUT2D eigenvalue weighted by molar-refractivity contribution is 5.80. The number of guanidine groups is 1. The molecule has 8 heteroatoms. The van der Waals surface area contributed by atoms with Crippen LogP contribution in [0.15, 0.2) is 23.3 Å². The topological polar surface area (TPSA) is 74.2 Å². The molecule has 3 rings (SSSR count). The van der Waals surface area contributed by atoms with E-state index in [0.29, 0.717) is 6.04 Å². The molecule has 3 heterocycles. The fourth-order valence-corrected chi connectivity index (χ4v) is 4.08. The Hall–Kier alpha value is -1.90. The van der Waals surface area contributed by atoms with E-state index in [0.717, 1.165) is 83.5 Å². The van der Waals surface area contributed by atoms with Crippen LogP contribution in [0.3, 0.4) is 0 Å². The average molecular weight is 419 g/mol. The quantitative estimate of drug-likeness (QED) is 0.376. The van der Waals surface area contributed by atoms with E-state index in [1.807, 2.05) is 13.2 Å². The zero-order chi connectivity index (χ0) is 21.2. The van der Waals surface area contributed by atoms with Gasteiger partial charge in [0, 0.05) is 72.3 Å². The first-order chi connectivity index (χ1) is 14.7. The van der Waals surface area contributed by atoms with E-state index in [9.17, 15) is 0 Å². The number of nitrogens with one attached hydrogen (secondary N) is 2. The van der Waals surface area contributed by atoms with Gasteiger partial charge in [-0.05, 0) is 43.9 Å². The molecule has 0 aromatic carbocycles. The molecule has 0 amide bonds. The number of morpholine rings is 1. The van der Waals surface area contributed by atoms with Crippen LogP contribution < -0.4 is 15.5 Å². The molecule has 1 unspecified atom stereocenters. The Bertz CT molecular complexity index is 663. The number of aliphatic imine (C=N–C) groups is 1. The smallest absolute Gasteiger partial charge is 0.191 e. The van der Waals surface area contributed by atoms with E-state index in [4.69, 9.17) is 9.47 Å². The summed E-state index contributed by atoms with van der Waals surface area (Å²) in [6.07, 6.45) is 5.53. The molecule has 0 radical (unpaired) electrons. The van der Waals surface area contributed by atoms with Gasteiger partial charge in [-0.2, -0.15) is 0 Å². The number of aromatic nitrogens is 1. The Morgan fingerprint density at radius 1 is 1.33 bits per heavy atom. The van der Waals surface area contributed by atoms with Crippen LogP contribution in [0.1, 0.15) is 31.7 Å². The van der Waals surface area contributed by atoms with E-state index in [-0.39, 0.29) is 6.10 Å². The van der Waals surface area contributed by atoms with Crippen molar-refractivity contribution in [2.75, 3.05) is 65.0 Å². The van der Waals surface area contributed by atoms with Gasteiger partial charge in [0.2, 0.25) is 0 Å². The third-order valence-electron chi connectivity index (χ3n) is 5.81. The molecular formula is C22H38N6O2. The Morgan fingerprint density at radius 2 is 2.17 bits per heavy atom. The minimum atomic E-state index is 0.247. The normalized spacial score (nSPS) is 21.6. The maximum atomic E-state index is 5.64. The summed E-state index contributed by atoms with van der Waals surface area (Å²) in [5.41, 5.74) is 1.20. The summed E-state index contributed by atoms with van der Waals surface area (Å²) in [5, 5.41) is 7.06. The van der Waals surface area contributed by atoms with E-state index in [1.165, 1.54) is 5.56 Å². The molecule has 0 saturated carbocycles. The molecule has 1 aromatic heterocycles. The molecular weight excluding hydrogens is 380 g/mol. The molecule has 30 heavy (non-hydrogen) atoms. The van der Waals surface area contributed by atoms with E-state index >= 15 is 0 Å². The summed E-state index contributed by atoms with van der Waals surface area (Å²) in [5.74, 6) is 1.89. The second-order valence-corrected chi connectivity index (χ2v) is 8.18. The van der Waals surface area contributed by atoms with Gasteiger partial charge < -0.3 is 29.9 Å². The molecule has 2 fully saturated rings. The third-order valence-corrected chi connectivity index (χ3v) is 5.81. The summed E-state index contributed by atoms with van der Waals surface area (Å²) in [6, 6.07) is 4.70. The van der Waals surface area contributed by atoms with Crippen molar-refractivity contribution in [2.24, 2.45) is 4.99 Å². The highest BCUT2D eigenvalue weighted by Crippen LogP contribution is 2.16. The summed E-state index contributed by atoms with van der Waals surface area (Å²) < 4.78 is 10.8. The minimum Gasteiger partial charge on any atom is -0.385 e. The monoisotopic (exact) mass is 418 g/mol. The fourth-order valence-electron chi connectivity index (χ4n) is 4.08. The molecule has 168 valence electrons. The average Bonchev–Trinajstić information content (AvgIpc) is 2.78. The predicted molar refractivity (Wildman–Crippen MR) is 121 cm³/mol. The van der Waals surface area contributed by atoms with Gasteiger partial charge in [0.25, 0.3) is 0 Å². The number of hydrogen-bond acceptors (Lipinski definition) is 6. The Balaban J connectivity index is 1.43. The SMILES string of the molecule is CN=C(NCc1ccnc(N2CCOC(C)C2)c1)NC1CCN(CCCOC)CC1. The van der Waals surface area contributed by atoms with Crippen LogP contribution in [0, 0.1) is 0 Å². The van der Waals surface area contributed by atoms with Gasteiger partial charge in [0.1, 0.15) is 5.82 Å². The van der Waals surface area contributed by atoms with E-state index in [2.05, 4.69) is 49.5 Å². The van der Waals surface area contributed by atoms with Crippen LogP contribution in [0.5, 0.6) is 0 Å². The lowest BCUT2D eigenvalue weighted by molar-refractivity contribution is 0.0529. The van der Waals surface area contributed by atoms with Gasteiger partial charge >= 0.3 is 0 Å². The maximum absolute atomic E-state index is 5.64. The molecule has 0 spiro atoms. The van der Waals surface area contributed by atoms with Gasteiger partial charge in [-0.15, -0.1) is 0 Å². The molecule has 2 N–H and O–H groups in total. The standard InChI is InChI=1S/C22H38N6O2/c1-18-17-28(12-14-30-18)21-15-19(5-8-24-21)16-25-22(23-2)26-20-6-10-27(11-7-20)9-4-13-29-3/h5,8,15,18,20H,4,6-7,9-14,16-17H2,1-3H3,(H2,23,25,26). The summed E-state index contributed by atoms with van der Waals surface area (Å²) in [7, 11) is 3.60. The summed E-state index contributed by atoms with van der Waals surface area (Å²) in [4.78, 5) is 13.8. The first-order valence-electron chi connectivity index (χ1n) is 11.2. The number of piperidine rings is 1. The molecule has 8 nitrogen and oxygen atoms in total. The zero-order valence-electron chi connectivity index (χ0n) is 18.8. The van der Waals surface area contributed by atoms with E-state index in [1.54, 1.807) is 7.11 Å². The first kappa shape index (κ1) is 22.8. The van der Waals surface area contributed by atoms with Crippen molar-refractivity contribution >= 4 is 11.8 Å². The molecule has 1 atom stereocenters. The van der Waals surface area contributed by atoms with Crippen molar-refractivity contribution in [1.29, 1.82) is 0 Å². The zero-order valence-corrected chi connectivity index (χ0v) is 18.8. The fraction of sp³-hybridized carbons (Fsp3) is 0.727. The molecule has 1 aromatic rings. The summed E-state index contributed by atoms with van der Waals surface area (Å²) in [6.45, 7) is 9.60.